The van der Waals surface area contributed by atoms with Gasteiger partial charge in [-0.2, -0.15) is 0 Å². The first-order chi connectivity index (χ1) is 10.1. The molecule has 4 heteroatoms. The average molecular weight is 306 g/mol. The molecular formula is C17H20ClNO2. The minimum atomic E-state index is 0.0891. The lowest BCUT2D eigenvalue weighted by molar-refractivity contribution is 0.228. The van der Waals surface area contributed by atoms with Crippen LogP contribution in [0.25, 0.3) is 0 Å². The van der Waals surface area contributed by atoms with E-state index in [4.69, 9.17) is 21.1 Å². The average Bonchev–Trinajstić information content (AvgIpc) is 2.45. The molecule has 0 aliphatic carbocycles. The molecule has 0 spiro atoms. The molecule has 0 bridgehead atoms. The predicted molar refractivity (Wildman–Crippen MR) is 87.5 cm³/mol. The fraction of sp³-hybridized carbons (Fsp3) is 0.294. The number of ether oxygens (including phenoxy) is 2. The number of anilines is 1. The summed E-state index contributed by atoms with van der Waals surface area (Å²) < 4.78 is 11.3. The lowest BCUT2D eigenvalue weighted by Crippen LogP contribution is -2.10. The van der Waals surface area contributed by atoms with Crippen LogP contribution in [0.2, 0.25) is 5.02 Å². The molecule has 3 nitrogen and oxygen atoms in total. The van der Waals surface area contributed by atoms with Crippen molar-refractivity contribution in [1.29, 1.82) is 0 Å². The number of benzene rings is 2. The second-order valence-electron chi connectivity index (χ2n) is 4.98. The predicted octanol–water partition coefficient (Wildman–Crippen LogP) is 4.75. The first kappa shape index (κ1) is 15.5. The quantitative estimate of drug-likeness (QED) is 0.835. The molecule has 21 heavy (non-hydrogen) atoms. The van der Waals surface area contributed by atoms with Gasteiger partial charge in [0.05, 0.1) is 13.2 Å². The van der Waals surface area contributed by atoms with E-state index in [1.807, 2.05) is 56.3 Å². The van der Waals surface area contributed by atoms with Gasteiger partial charge in [0.1, 0.15) is 0 Å². The molecule has 0 aliphatic heterocycles. The zero-order valence-corrected chi connectivity index (χ0v) is 13.3. The van der Waals surface area contributed by atoms with Gasteiger partial charge in [0.25, 0.3) is 0 Å². The van der Waals surface area contributed by atoms with Crippen LogP contribution >= 0.6 is 11.6 Å². The molecule has 0 aliphatic rings. The molecule has 0 fully saturated rings. The smallest absolute Gasteiger partial charge is 0.166 e. The van der Waals surface area contributed by atoms with E-state index in [-0.39, 0.29) is 6.10 Å². The Kier molecular flexibility index (Phi) is 5.34. The summed E-state index contributed by atoms with van der Waals surface area (Å²) in [6.45, 7) is 4.64. The number of hydrogen-bond acceptors (Lipinski definition) is 3. The van der Waals surface area contributed by atoms with Gasteiger partial charge in [-0.1, -0.05) is 29.8 Å². The van der Waals surface area contributed by atoms with Gasteiger partial charge in [-0.15, -0.1) is 0 Å². The van der Waals surface area contributed by atoms with Crippen molar-refractivity contribution < 1.29 is 9.47 Å². The van der Waals surface area contributed by atoms with E-state index in [0.717, 1.165) is 22.7 Å². The highest BCUT2D eigenvalue weighted by Gasteiger charge is 2.12. The molecule has 2 aromatic carbocycles. The van der Waals surface area contributed by atoms with Crippen LogP contribution in [0.4, 0.5) is 5.69 Å². The zero-order chi connectivity index (χ0) is 15.2. The van der Waals surface area contributed by atoms with Crippen LogP contribution in [0, 0.1) is 0 Å². The molecule has 0 saturated heterocycles. The summed E-state index contributed by atoms with van der Waals surface area (Å²) in [5, 5.41) is 4.06. The van der Waals surface area contributed by atoms with Crippen molar-refractivity contribution in [2.75, 3.05) is 12.4 Å². The first-order valence-electron chi connectivity index (χ1n) is 6.92. The largest absolute Gasteiger partial charge is 0.493 e. The monoisotopic (exact) mass is 305 g/mol. The topological polar surface area (TPSA) is 30.5 Å². The highest BCUT2D eigenvalue weighted by atomic mass is 35.5. The first-order valence-corrected chi connectivity index (χ1v) is 7.30. The van der Waals surface area contributed by atoms with E-state index in [1.54, 1.807) is 7.11 Å². The van der Waals surface area contributed by atoms with Crippen LogP contribution in [-0.2, 0) is 6.54 Å². The maximum atomic E-state index is 5.99. The van der Waals surface area contributed by atoms with Gasteiger partial charge in [0.2, 0.25) is 0 Å². The van der Waals surface area contributed by atoms with Gasteiger partial charge in [0, 0.05) is 22.8 Å². The SMILES string of the molecule is COc1cccc(CNc2cccc(Cl)c2)c1OC(C)C. The molecule has 0 atom stereocenters. The Morgan fingerprint density at radius 3 is 2.57 bits per heavy atom. The van der Waals surface area contributed by atoms with Crippen molar-refractivity contribution in [2.24, 2.45) is 0 Å². The Hall–Kier alpha value is -1.87. The van der Waals surface area contributed by atoms with Crippen molar-refractivity contribution in [2.45, 2.75) is 26.5 Å². The van der Waals surface area contributed by atoms with Gasteiger partial charge in [-0.3, -0.25) is 0 Å². The Labute approximate surface area is 130 Å². The Morgan fingerprint density at radius 2 is 1.90 bits per heavy atom. The molecule has 2 rings (SSSR count). The van der Waals surface area contributed by atoms with Crippen LogP contribution in [0.15, 0.2) is 42.5 Å². The van der Waals surface area contributed by atoms with Gasteiger partial charge in [-0.05, 0) is 38.1 Å². The highest BCUT2D eigenvalue weighted by molar-refractivity contribution is 6.30. The molecule has 2 aromatic rings. The van der Waals surface area contributed by atoms with Crippen LogP contribution in [0.3, 0.4) is 0 Å². The molecule has 0 heterocycles. The van der Waals surface area contributed by atoms with Crippen LogP contribution in [-0.4, -0.2) is 13.2 Å². The Bertz CT molecular complexity index is 599. The number of hydrogen-bond donors (Lipinski definition) is 1. The normalized spacial score (nSPS) is 10.5. The maximum absolute atomic E-state index is 5.99. The molecule has 0 radical (unpaired) electrons. The summed E-state index contributed by atoms with van der Waals surface area (Å²) in [5.41, 5.74) is 2.02. The van der Waals surface area contributed by atoms with Crippen molar-refractivity contribution in [3.63, 3.8) is 0 Å². The van der Waals surface area contributed by atoms with Crippen LogP contribution < -0.4 is 14.8 Å². The second-order valence-corrected chi connectivity index (χ2v) is 5.42. The summed E-state index contributed by atoms with van der Waals surface area (Å²) in [6.07, 6.45) is 0.0891. The molecular weight excluding hydrogens is 286 g/mol. The van der Waals surface area contributed by atoms with Gasteiger partial charge >= 0.3 is 0 Å². The van der Waals surface area contributed by atoms with Gasteiger partial charge in [-0.25, -0.2) is 0 Å². The number of para-hydroxylation sites is 1. The molecule has 1 N–H and O–H groups in total. The second kappa shape index (κ2) is 7.23. The van der Waals surface area contributed by atoms with E-state index in [9.17, 15) is 0 Å². The third-order valence-electron chi connectivity index (χ3n) is 2.94. The standard InChI is InChI=1S/C17H20ClNO2/c1-12(2)21-17-13(6-4-9-16(17)20-3)11-19-15-8-5-7-14(18)10-15/h4-10,12,19H,11H2,1-3H3. The van der Waals surface area contributed by atoms with Crippen molar-refractivity contribution in [3.05, 3.63) is 53.1 Å². The maximum Gasteiger partial charge on any atom is 0.166 e. The fourth-order valence-electron chi connectivity index (χ4n) is 2.03. The third kappa shape index (κ3) is 4.30. The van der Waals surface area contributed by atoms with Crippen LogP contribution in [0.5, 0.6) is 11.5 Å². The van der Waals surface area contributed by atoms with Crippen molar-refractivity contribution in [1.82, 2.24) is 0 Å². The summed E-state index contributed by atoms with van der Waals surface area (Å²) in [5.74, 6) is 1.53. The van der Waals surface area contributed by atoms with E-state index in [2.05, 4.69) is 5.32 Å². The molecule has 112 valence electrons. The third-order valence-corrected chi connectivity index (χ3v) is 3.18. The lowest BCUT2D eigenvalue weighted by atomic mass is 10.1. The van der Waals surface area contributed by atoms with Gasteiger partial charge in [0.15, 0.2) is 11.5 Å². The number of rotatable bonds is 6. The molecule has 0 saturated carbocycles. The molecule has 0 unspecified atom stereocenters. The number of methoxy groups -OCH3 is 1. The van der Waals surface area contributed by atoms with Crippen molar-refractivity contribution in [3.8, 4) is 11.5 Å². The van der Waals surface area contributed by atoms with E-state index >= 15 is 0 Å². The minimum Gasteiger partial charge on any atom is -0.493 e. The summed E-state index contributed by atoms with van der Waals surface area (Å²) in [4.78, 5) is 0. The molecule has 0 amide bonds. The Morgan fingerprint density at radius 1 is 1.14 bits per heavy atom. The fourth-order valence-corrected chi connectivity index (χ4v) is 2.22. The highest BCUT2D eigenvalue weighted by Crippen LogP contribution is 2.32. The minimum absolute atomic E-state index is 0.0891. The zero-order valence-electron chi connectivity index (χ0n) is 12.5. The summed E-state index contributed by atoms with van der Waals surface area (Å²) >= 11 is 5.99. The van der Waals surface area contributed by atoms with Crippen molar-refractivity contribution >= 4 is 17.3 Å². The summed E-state index contributed by atoms with van der Waals surface area (Å²) in [7, 11) is 1.65. The number of halogens is 1. The summed E-state index contributed by atoms with van der Waals surface area (Å²) in [6, 6.07) is 13.5. The van der Waals surface area contributed by atoms with Gasteiger partial charge < -0.3 is 14.8 Å². The molecule has 0 aromatic heterocycles. The lowest BCUT2D eigenvalue weighted by Gasteiger charge is -2.18. The Balaban J connectivity index is 2.19. The van der Waals surface area contributed by atoms with E-state index in [0.29, 0.717) is 11.6 Å². The van der Waals surface area contributed by atoms with E-state index < -0.39 is 0 Å². The van der Waals surface area contributed by atoms with Crippen LogP contribution in [0.1, 0.15) is 19.4 Å². The van der Waals surface area contributed by atoms with E-state index in [1.165, 1.54) is 0 Å². The number of nitrogens with one attached hydrogen (secondary N) is 1.